The second kappa shape index (κ2) is 5.97. The Hall–Kier alpha value is -2.29. The highest BCUT2D eigenvalue weighted by atomic mass is 35.5. The smallest absolute Gasteiger partial charge is 0.258 e. The molecule has 3 nitrogen and oxygen atoms in total. The first kappa shape index (κ1) is 18.1. The maximum Gasteiger partial charge on any atom is 0.417 e. The predicted molar refractivity (Wildman–Crippen MR) is 73.5 cm³/mol. The van der Waals surface area contributed by atoms with E-state index in [9.17, 15) is 36.5 Å². The van der Waals surface area contributed by atoms with E-state index in [0.29, 0.717) is 6.07 Å². The third kappa shape index (κ3) is 3.61. The van der Waals surface area contributed by atoms with Crippen LogP contribution in [0.2, 0.25) is 5.02 Å². The molecule has 0 amide bonds. The summed E-state index contributed by atoms with van der Waals surface area (Å²) in [5, 5.41) is 9.81. The maximum atomic E-state index is 13.2. The summed E-state index contributed by atoms with van der Waals surface area (Å²) in [7, 11) is 0. The molecule has 2 aromatic carbocycles. The van der Waals surface area contributed by atoms with Crippen LogP contribution in [0.5, 0.6) is 0 Å². The Bertz CT molecular complexity index is 784. The first-order valence-corrected chi connectivity index (χ1v) is 6.52. The number of benzene rings is 2. The van der Waals surface area contributed by atoms with Gasteiger partial charge in [0.15, 0.2) is 0 Å². The molecule has 0 fully saturated rings. The van der Waals surface area contributed by atoms with Crippen molar-refractivity contribution in [2.24, 2.45) is 0 Å². The molecule has 0 aliphatic heterocycles. The van der Waals surface area contributed by atoms with Crippen molar-refractivity contribution in [2.75, 3.05) is 0 Å². The van der Waals surface area contributed by atoms with Crippen LogP contribution in [0.15, 0.2) is 36.4 Å². The van der Waals surface area contributed by atoms with Crippen LogP contribution in [-0.4, -0.2) is 4.92 Å². The van der Waals surface area contributed by atoms with E-state index in [0.717, 1.165) is 24.3 Å². The summed E-state index contributed by atoms with van der Waals surface area (Å²) >= 11 is 5.65. The van der Waals surface area contributed by atoms with E-state index in [1.807, 2.05) is 0 Å². The summed E-state index contributed by atoms with van der Waals surface area (Å²) in [4.78, 5) is 9.81. The SMILES string of the molecule is O=[N+]([O-])c1ccc(-c2c(Cl)cc(C(F)(F)F)cc2C(F)(F)F)cc1. The molecule has 10 heteroatoms. The topological polar surface area (TPSA) is 43.1 Å². The van der Waals surface area contributed by atoms with Crippen molar-refractivity contribution in [3.8, 4) is 11.1 Å². The van der Waals surface area contributed by atoms with E-state index in [2.05, 4.69) is 0 Å². The van der Waals surface area contributed by atoms with Crippen LogP contribution in [0.3, 0.4) is 0 Å². The molecule has 0 atom stereocenters. The molecule has 24 heavy (non-hydrogen) atoms. The molecule has 0 saturated carbocycles. The molecule has 0 heterocycles. The lowest BCUT2D eigenvalue weighted by molar-refractivity contribution is -0.384. The van der Waals surface area contributed by atoms with Crippen LogP contribution < -0.4 is 0 Å². The van der Waals surface area contributed by atoms with Gasteiger partial charge in [0.1, 0.15) is 0 Å². The second-order valence-corrected chi connectivity index (χ2v) is 5.09. The van der Waals surface area contributed by atoms with Crippen molar-refractivity contribution in [2.45, 2.75) is 12.4 Å². The molecular weight excluding hydrogens is 364 g/mol. The first-order chi connectivity index (χ1) is 10.9. The average Bonchev–Trinajstić information content (AvgIpc) is 2.44. The van der Waals surface area contributed by atoms with Crippen LogP contribution in [0.1, 0.15) is 11.1 Å². The minimum Gasteiger partial charge on any atom is -0.258 e. The number of nitro benzene ring substituents is 1. The number of hydrogen-bond donors (Lipinski definition) is 0. The van der Waals surface area contributed by atoms with Gasteiger partial charge in [-0.2, -0.15) is 26.3 Å². The van der Waals surface area contributed by atoms with Crippen molar-refractivity contribution in [3.05, 3.63) is 62.7 Å². The minimum atomic E-state index is -5.10. The van der Waals surface area contributed by atoms with E-state index < -0.39 is 39.0 Å². The molecule has 0 radical (unpaired) electrons. The number of nitro groups is 1. The van der Waals surface area contributed by atoms with Gasteiger partial charge in [0.2, 0.25) is 0 Å². The highest BCUT2D eigenvalue weighted by molar-refractivity contribution is 6.33. The molecule has 0 saturated heterocycles. The fourth-order valence-corrected chi connectivity index (χ4v) is 2.37. The summed E-state index contributed by atoms with van der Waals surface area (Å²) in [6.45, 7) is 0. The standard InChI is InChI=1S/C14H6ClF6NO2/c15-11-6-8(13(16,17)18)5-10(14(19,20)21)12(11)7-1-3-9(4-2-7)22(23)24/h1-6H. The minimum absolute atomic E-state index is 0.0391. The van der Waals surface area contributed by atoms with Crippen LogP contribution in [-0.2, 0) is 12.4 Å². The molecule has 0 spiro atoms. The number of nitrogens with zero attached hydrogens (tertiary/aromatic N) is 1. The molecule has 0 unspecified atom stereocenters. The van der Waals surface area contributed by atoms with Crippen molar-refractivity contribution in [3.63, 3.8) is 0 Å². The monoisotopic (exact) mass is 369 g/mol. The van der Waals surface area contributed by atoms with Crippen molar-refractivity contribution >= 4 is 17.3 Å². The molecule has 0 bridgehead atoms. The maximum absolute atomic E-state index is 13.2. The van der Waals surface area contributed by atoms with E-state index >= 15 is 0 Å². The molecule has 0 N–H and O–H groups in total. The first-order valence-electron chi connectivity index (χ1n) is 6.14. The van der Waals surface area contributed by atoms with Crippen molar-refractivity contribution in [1.29, 1.82) is 0 Å². The van der Waals surface area contributed by atoms with Gasteiger partial charge in [-0.25, -0.2) is 0 Å². The van der Waals surface area contributed by atoms with Gasteiger partial charge in [0.05, 0.1) is 16.1 Å². The number of non-ortho nitro benzene ring substituents is 1. The lowest BCUT2D eigenvalue weighted by Crippen LogP contribution is -2.12. The number of hydrogen-bond acceptors (Lipinski definition) is 2. The zero-order valence-corrected chi connectivity index (χ0v) is 12.1. The third-order valence-corrected chi connectivity index (χ3v) is 3.39. The summed E-state index contributed by atoms with van der Waals surface area (Å²) in [6, 6.07) is 4.19. The van der Waals surface area contributed by atoms with E-state index in [1.165, 1.54) is 0 Å². The fourth-order valence-electron chi connectivity index (χ4n) is 2.04. The highest BCUT2D eigenvalue weighted by Gasteiger charge is 2.39. The molecule has 128 valence electrons. The van der Waals surface area contributed by atoms with Gasteiger partial charge in [0, 0.05) is 22.7 Å². The number of halogens is 7. The van der Waals surface area contributed by atoms with Crippen LogP contribution in [0, 0.1) is 10.1 Å². The Morgan fingerprint density at radius 3 is 1.88 bits per heavy atom. The molecule has 0 aromatic heterocycles. The normalized spacial score (nSPS) is 12.3. The Morgan fingerprint density at radius 1 is 0.917 bits per heavy atom. The van der Waals surface area contributed by atoms with E-state index in [4.69, 9.17) is 11.6 Å². The Kier molecular flexibility index (Phi) is 4.49. The third-order valence-electron chi connectivity index (χ3n) is 3.09. The molecule has 0 aliphatic rings. The lowest BCUT2D eigenvalue weighted by atomic mass is 9.96. The van der Waals surface area contributed by atoms with Crippen LogP contribution in [0.4, 0.5) is 32.0 Å². The summed E-state index contributed by atoms with van der Waals surface area (Å²) in [5.74, 6) is 0. The fraction of sp³-hybridized carbons (Fsp3) is 0.143. The molecule has 0 aliphatic carbocycles. The van der Waals surface area contributed by atoms with Crippen molar-refractivity contribution in [1.82, 2.24) is 0 Å². The zero-order valence-electron chi connectivity index (χ0n) is 11.4. The van der Waals surface area contributed by atoms with Gasteiger partial charge < -0.3 is 0 Å². The van der Waals surface area contributed by atoms with Gasteiger partial charge >= 0.3 is 12.4 Å². The Morgan fingerprint density at radius 2 is 1.46 bits per heavy atom. The van der Waals surface area contributed by atoms with Gasteiger partial charge in [-0.3, -0.25) is 10.1 Å². The zero-order chi connectivity index (χ0) is 18.3. The number of rotatable bonds is 2. The number of alkyl halides is 6. The lowest BCUT2D eigenvalue weighted by Gasteiger charge is -2.17. The summed E-state index contributed by atoms with van der Waals surface area (Å²) < 4.78 is 77.6. The Balaban J connectivity index is 2.71. The van der Waals surface area contributed by atoms with Gasteiger partial charge in [-0.05, 0) is 29.8 Å². The van der Waals surface area contributed by atoms with Gasteiger partial charge in [0.25, 0.3) is 5.69 Å². The quantitative estimate of drug-likeness (QED) is 0.373. The summed E-state index contributed by atoms with van der Waals surface area (Å²) in [5.41, 5.74) is -4.35. The van der Waals surface area contributed by atoms with Crippen LogP contribution in [0.25, 0.3) is 11.1 Å². The van der Waals surface area contributed by atoms with Crippen molar-refractivity contribution < 1.29 is 31.3 Å². The largest absolute Gasteiger partial charge is 0.417 e. The highest BCUT2D eigenvalue weighted by Crippen LogP contribution is 2.44. The van der Waals surface area contributed by atoms with E-state index in [-0.39, 0.29) is 17.3 Å². The van der Waals surface area contributed by atoms with Gasteiger partial charge in [-0.15, -0.1) is 0 Å². The molecule has 2 rings (SSSR count). The Labute approximate surface area is 135 Å². The predicted octanol–water partition coefficient (Wildman–Crippen LogP) is 5.95. The summed E-state index contributed by atoms with van der Waals surface area (Å²) in [6.07, 6.45) is -10.1. The molecule has 2 aromatic rings. The molecular formula is C14H6ClF6NO2. The van der Waals surface area contributed by atoms with E-state index in [1.54, 1.807) is 0 Å². The van der Waals surface area contributed by atoms with Gasteiger partial charge in [-0.1, -0.05) is 11.6 Å². The average molecular weight is 370 g/mol. The van der Waals surface area contributed by atoms with Crippen LogP contribution >= 0.6 is 11.6 Å². The second-order valence-electron chi connectivity index (χ2n) is 4.68.